The first kappa shape index (κ1) is 19.6. The van der Waals surface area contributed by atoms with Gasteiger partial charge in [-0.15, -0.1) is 0 Å². The molecule has 0 atom stereocenters. The average Bonchev–Trinajstić information content (AvgIpc) is 3.39. The maximum absolute atomic E-state index is 13.1. The van der Waals surface area contributed by atoms with Crippen LogP contribution in [0.3, 0.4) is 0 Å². The van der Waals surface area contributed by atoms with E-state index in [1.807, 2.05) is 30.3 Å². The second-order valence-corrected chi connectivity index (χ2v) is 7.12. The third-order valence-electron chi connectivity index (χ3n) is 5.01. The number of ether oxygens (including phenoxy) is 2. The fourth-order valence-corrected chi connectivity index (χ4v) is 3.53. The van der Waals surface area contributed by atoms with Crippen LogP contribution in [0.5, 0.6) is 11.5 Å². The first-order valence-electron chi connectivity index (χ1n) is 9.94. The highest BCUT2D eigenvalue weighted by molar-refractivity contribution is 6.10. The van der Waals surface area contributed by atoms with Crippen molar-refractivity contribution in [2.24, 2.45) is 0 Å². The molecule has 0 unspecified atom stereocenters. The summed E-state index contributed by atoms with van der Waals surface area (Å²) in [6, 6.07) is 18.3. The molecule has 0 aliphatic heterocycles. The molecule has 2 aromatic heterocycles. The summed E-state index contributed by atoms with van der Waals surface area (Å²) in [6.45, 7) is 1.78. The van der Waals surface area contributed by atoms with Gasteiger partial charge in [0.1, 0.15) is 22.7 Å². The van der Waals surface area contributed by atoms with Crippen LogP contribution in [0.25, 0.3) is 21.9 Å². The van der Waals surface area contributed by atoms with E-state index < -0.39 is 0 Å². The molecule has 160 valence electrons. The molecule has 0 bridgehead atoms. The molecule has 0 aliphatic rings. The topological polar surface area (TPSA) is 99.6 Å². The van der Waals surface area contributed by atoms with Crippen molar-refractivity contribution < 1.29 is 23.2 Å². The molecule has 3 aromatic carbocycles. The summed E-state index contributed by atoms with van der Waals surface area (Å²) in [5, 5.41) is 8.60. The lowest BCUT2D eigenvalue weighted by Crippen LogP contribution is -2.14. The summed E-state index contributed by atoms with van der Waals surface area (Å²) in [5.41, 5.74) is 2.27. The van der Waals surface area contributed by atoms with Gasteiger partial charge in [0.15, 0.2) is 6.61 Å². The van der Waals surface area contributed by atoms with Gasteiger partial charge in [-0.1, -0.05) is 35.5 Å². The Bertz CT molecular complexity index is 1440. The first-order chi connectivity index (χ1) is 15.6. The van der Waals surface area contributed by atoms with Crippen LogP contribution in [0.15, 0.2) is 69.6 Å². The quantitative estimate of drug-likeness (QED) is 0.400. The fourth-order valence-electron chi connectivity index (χ4n) is 3.53. The number of amides is 1. The van der Waals surface area contributed by atoms with Crippen LogP contribution >= 0.6 is 0 Å². The molecule has 0 fully saturated rings. The highest BCUT2D eigenvalue weighted by atomic mass is 16.5. The Kier molecular flexibility index (Phi) is 4.95. The Labute approximate surface area is 182 Å². The van der Waals surface area contributed by atoms with E-state index in [1.165, 1.54) is 0 Å². The number of nitrogens with one attached hydrogen (secondary N) is 1. The van der Waals surface area contributed by atoms with Gasteiger partial charge in [-0.3, -0.25) is 4.79 Å². The zero-order valence-electron chi connectivity index (χ0n) is 17.4. The summed E-state index contributed by atoms with van der Waals surface area (Å²) in [7, 11) is 1.56. The standard InChI is InChI=1S/C24H19N3O5/c1-14-25-23(27-32-14)13-30-19-9-5-4-8-16(19)24(28)26-18-12-21-17(11-22(18)29-2)15-7-3-6-10-20(15)31-21/h3-12H,13H2,1-2H3,(H,26,28). The van der Waals surface area contributed by atoms with E-state index in [1.54, 1.807) is 44.4 Å². The number of carbonyl (C=O) groups is 1. The lowest BCUT2D eigenvalue weighted by Gasteiger charge is -2.13. The number of hydrogen-bond donors (Lipinski definition) is 1. The van der Waals surface area contributed by atoms with Gasteiger partial charge in [0, 0.05) is 23.8 Å². The van der Waals surface area contributed by atoms with Crippen LogP contribution in [-0.2, 0) is 6.61 Å². The van der Waals surface area contributed by atoms with E-state index in [0.29, 0.717) is 40.0 Å². The Morgan fingerprint density at radius 1 is 1.00 bits per heavy atom. The van der Waals surface area contributed by atoms with Gasteiger partial charge in [-0.05, 0) is 24.3 Å². The molecule has 8 nitrogen and oxygen atoms in total. The van der Waals surface area contributed by atoms with E-state index >= 15 is 0 Å². The minimum atomic E-state index is -0.348. The van der Waals surface area contributed by atoms with Crippen LogP contribution in [0.4, 0.5) is 5.69 Å². The number of aromatic nitrogens is 2. The minimum absolute atomic E-state index is 0.0793. The van der Waals surface area contributed by atoms with Crippen molar-refractivity contribution in [3.8, 4) is 11.5 Å². The van der Waals surface area contributed by atoms with Gasteiger partial charge >= 0.3 is 0 Å². The number of furan rings is 1. The first-order valence-corrected chi connectivity index (χ1v) is 9.94. The van der Waals surface area contributed by atoms with Crippen molar-refractivity contribution in [3.05, 3.63) is 77.9 Å². The van der Waals surface area contributed by atoms with Crippen molar-refractivity contribution in [3.63, 3.8) is 0 Å². The number of nitrogens with zero attached hydrogens (tertiary/aromatic N) is 2. The maximum Gasteiger partial charge on any atom is 0.259 e. The molecule has 8 heteroatoms. The predicted molar refractivity (Wildman–Crippen MR) is 118 cm³/mol. The smallest absolute Gasteiger partial charge is 0.259 e. The van der Waals surface area contributed by atoms with Crippen molar-refractivity contribution in [2.75, 3.05) is 12.4 Å². The maximum atomic E-state index is 13.1. The number of benzene rings is 3. The van der Waals surface area contributed by atoms with Crippen LogP contribution < -0.4 is 14.8 Å². The molecule has 2 heterocycles. The van der Waals surface area contributed by atoms with Gasteiger partial charge in [-0.2, -0.15) is 4.98 Å². The van der Waals surface area contributed by atoms with Crippen LogP contribution in [-0.4, -0.2) is 23.2 Å². The third-order valence-corrected chi connectivity index (χ3v) is 5.01. The van der Waals surface area contributed by atoms with Gasteiger partial charge < -0.3 is 23.7 Å². The van der Waals surface area contributed by atoms with Crippen LogP contribution in [0.2, 0.25) is 0 Å². The van der Waals surface area contributed by atoms with E-state index in [2.05, 4.69) is 15.5 Å². The molecule has 0 aliphatic carbocycles. The second-order valence-electron chi connectivity index (χ2n) is 7.12. The molecule has 0 saturated carbocycles. The van der Waals surface area contributed by atoms with Crippen LogP contribution in [0.1, 0.15) is 22.1 Å². The molecular weight excluding hydrogens is 410 g/mol. The van der Waals surface area contributed by atoms with Crippen molar-refractivity contribution in [1.82, 2.24) is 10.1 Å². The summed E-state index contributed by atoms with van der Waals surface area (Å²) < 4.78 is 22.2. The SMILES string of the molecule is COc1cc2c(cc1NC(=O)c1ccccc1OCc1noc(C)n1)oc1ccccc12. The molecule has 1 N–H and O–H groups in total. The number of hydrogen-bond acceptors (Lipinski definition) is 7. The minimum Gasteiger partial charge on any atom is -0.495 e. The normalized spacial score (nSPS) is 11.1. The number of rotatable bonds is 6. The Hall–Kier alpha value is -4.33. The fraction of sp³-hybridized carbons (Fsp3) is 0.125. The van der Waals surface area contributed by atoms with Crippen molar-refractivity contribution >= 4 is 33.5 Å². The zero-order chi connectivity index (χ0) is 22.1. The van der Waals surface area contributed by atoms with E-state index in [9.17, 15) is 4.79 Å². The molecule has 32 heavy (non-hydrogen) atoms. The van der Waals surface area contributed by atoms with E-state index in [4.69, 9.17) is 18.4 Å². The Morgan fingerprint density at radius 2 is 1.81 bits per heavy atom. The van der Waals surface area contributed by atoms with Gasteiger partial charge in [0.2, 0.25) is 11.7 Å². The largest absolute Gasteiger partial charge is 0.495 e. The Morgan fingerprint density at radius 3 is 2.62 bits per heavy atom. The number of para-hydroxylation sites is 2. The number of anilines is 1. The number of aryl methyl sites for hydroxylation is 1. The summed E-state index contributed by atoms with van der Waals surface area (Å²) in [4.78, 5) is 17.2. The highest BCUT2D eigenvalue weighted by Gasteiger charge is 2.18. The molecule has 0 saturated heterocycles. The molecule has 0 spiro atoms. The summed E-state index contributed by atoms with van der Waals surface area (Å²) in [6.07, 6.45) is 0. The molecule has 0 radical (unpaired) electrons. The molecular formula is C24H19N3O5. The van der Waals surface area contributed by atoms with Gasteiger partial charge in [-0.25, -0.2) is 0 Å². The monoisotopic (exact) mass is 429 g/mol. The molecule has 5 aromatic rings. The second kappa shape index (κ2) is 8.07. The van der Waals surface area contributed by atoms with Crippen molar-refractivity contribution in [2.45, 2.75) is 13.5 Å². The van der Waals surface area contributed by atoms with Gasteiger partial charge in [0.05, 0.1) is 18.4 Å². The summed E-state index contributed by atoms with van der Waals surface area (Å²) >= 11 is 0. The number of methoxy groups -OCH3 is 1. The molecule has 1 amide bonds. The van der Waals surface area contributed by atoms with Crippen LogP contribution in [0, 0.1) is 6.92 Å². The Balaban J connectivity index is 1.44. The summed E-state index contributed by atoms with van der Waals surface area (Å²) in [5.74, 6) is 1.42. The molecule has 5 rings (SSSR count). The van der Waals surface area contributed by atoms with E-state index in [0.717, 1.165) is 16.4 Å². The van der Waals surface area contributed by atoms with Crippen molar-refractivity contribution in [1.29, 1.82) is 0 Å². The predicted octanol–water partition coefficient (Wildman–Crippen LogP) is 5.12. The lowest BCUT2D eigenvalue weighted by molar-refractivity contribution is 0.102. The highest BCUT2D eigenvalue weighted by Crippen LogP contribution is 2.36. The number of fused-ring (bicyclic) bond motifs is 3. The average molecular weight is 429 g/mol. The van der Waals surface area contributed by atoms with Gasteiger partial charge in [0.25, 0.3) is 5.91 Å². The zero-order valence-corrected chi connectivity index (χ0v) is 17.4. The van der Waals surface area contributed by atoms with E-state index in [-0.39, 0.29) is 12.5 Å². The number of carbonyl (C=O) groups excluding carboxylic acids is 1. The lowest BCUT2D eigenvalue weighted by atomic mass is 10.1. The third kappa shape index (κ3) is 3.62.